The van der Waals surface area contributed by atoms with E-state index in [2.05, 4.69) is 61.0 Å². The van der Waals surface area contributed by atoms with Gasteiger partial charge in [0.05, 0.1) is 11.7 Å². The molecular formula is C22H32BrClN2O2Si. The molecule has 0 radical (unpaired) electrons. The second-order valence-corrected chi connectivity index (χ2v) is 16.1. The molecule has 1 unspecified atom stereocenters. The van der Waals surface area contributed by atoms with Crippen molar-refractivity contribution in [3.63, 3.8) is 0 Å². The summed E-state index contributed by atoms with van der Waals surface area (Å²) in [6.07, 6.45) is 6.41. The minimum absolute atomic E-state index is 0.0155. The lowest BCUT2D eigenvalue weighted by molar-refractivity contribution is -0.0366. The van der Waals surface area contributed by atoms with Crippen LogP contribution in [-0.2, 0) is 9.16 Å². The van der Waals surface area contributed by atoms with E-state index in [9.17, 15) is 0 Å². The molecule has 2 heterocycles. The fourth-order valence-corrected chi connectivity index (χ4v) is 6.26. The van der Waals surface area contributed by atoms with Gasteiger partial charge in [0.2, 0.25) is 0 Å². The molecule has 1 aromatic heterocycles. The summed E-state index contributed by atoms with van der Waals surface area (Å²) in [6.45, 7) is 13.1. The first-order valence-electron chi connectivity index (χ1n) is 10.7. The highest BCUT2D eigenvalue weighted by Crippen LogP contribution is 2.54. The third-order valence-corrected chi connectivity index (χ3v) is 12.7. The molecule has 2 aromatic rings. The molecule has 0 N–H and O–H groups in total. The van der Waals surface area contributed by atoms with Gasteiger partial charge in [-0.2, -0.15) is 5.10 Å². The summed E-state index contributed by atoms with van der Waals surface area (Å²) in [5, 5.41) is 6.82. The molecular weight excluding hydrogens is 468 g/mol. The highest BCUT2D eigenvalue weighted by molar-refractivity contribution is 9.10. The average Bonchev–Trinajstić information content (AvgIpc) is 3.28. The zero-order chi connectivity index (χ0) is 21.0. The highest BCUT2D eigenvalue weighted by atomic mass is 79.9. The molecule has 0 spiro atoms. The molecule has 1 aliphatic carbocycles. The third kappa shape index (κ3) is 4.20. The van der Waals surface area contributed by atoms with Gasteiger partial charge in [-0.1, -0.05) is 32.4 Å². The molecule has 3 atom stereocenters. The van der Waals surface area contributed by atoms with Crippen molar-refractivity contribution in [2.24, 2.45) is 5.92 Å². The van der Waals surface area contributed by atoms with Crippen molar-refractivity contribution in [3.8, 4) is 0 Å². The number of halogens is 2. The van der Waals surface area contributed by atoms with E-state index < -0.39 is 8.32 Å². The highest BCUT2D eigenvalue weighted by Gasteiger charge is 2.44. The number of aromatic nitrogens is 2. The topological polar surface area (TPSA) is 36.3 Å². The van der Waals surface area contributed by atoms with E-state index in [4.69, 9.17) is 20.8 Å². The smallest absolute Gasteiger partial charge is 0.191 e. The van der Waals surface area contributed by atoms with Crippen LogP contribution in [0.2, 0.25) is 23.2 Å². The Labute approximate surface area is 188 Å². The third-order valence-electron chi connectivity index (χ3n) is 7.01. The van der Waals surface area contributed by atoms with Crippen LogP contribution in [0.3, 0.4) is 0 Å². The van der Waals surface area contributed by atoms with Crippen molar-refractivity contribution in [2.75, 3.05) is 13.2 Å². The van der Waals surface area contributed by atoms with Crippen LogP contribution in [-0.4, -0.2) is 31.3 Å². The van der Waals surface area contributed by atoms with E-state index in [1.54, 1.807) is 0 Å². The number of hydrogen-bond acceptors (Lipinski definition) is 3. The zero-order valence-electron chi connectivity index (χ0n) is 18.1. The SMILES string of the molecule is CC(C)(C)[Si](C)(C)OC[C@@H]1C[C@@H]1c1c(Cl)cc2c(cnn2C2CCCCO2)c1Br. The molecule has 1 saturated heterocycles. The van der Waals surface area contributed by atoms with E-state index >= 15 is 0 Å². The summed E-state index contributed by atoms with van der Waals surface area (Å²) in [5.74, 6) is 1.01. The summed E-state index contributed by atoms with van der Waals surface area (Å²) in [5.41, 5.74) is 2.26. The summed E-state index contributed by atoms with van der Waals surface area (Å²) in [4.78, 5) is 0. The molecule has 0 bridgehead atoms. The Balaban J connectivity index is 1.53. The van der Waals surface area contributed by atoms with Crippen LogP contribution in [0.5, 0.6) is 0 Å². The largest absolute Gasteiger partial charge is 0.417 e. The summed E-state index contributed by atoms with van der Waals surface area (Å²) >= 11 is 10.6. The summed E-state index contributed by atoms with van der Waals surface area (Å²) in [7, 11) is -1.72. The van der Waals surface area contributed by atoms with Crippen LogP contribution in [0.25, 0.3) is 10.9 Å². The minimum atomic E-state index is -1.72. The lowest BCUT2D eigenvalue weighted by atomic mass is 10.1. The van der Waals surface area contributed by atoms with E-state index in [1.165, 1.54) is 12.0 Å². The van der Waals surface area contributed by atoms with E-state index in [0.29, 0.717) is 11.8 Å². The van der Waals surface area contributed by atoms with Crippen molar-refractivity contribution >= 4 is 46.8 Å². The van der Waals surface area contributed by atoms with Gasteiger partial charge in [0, 0.05) is 28.1 Å². The summed E-state index contributed by atoms with van der Waals surface area (Å²) in [6, 6.07) is 2.08. The van der Waals surface area contributed by atoms with Gasteiger partial charge in [0.25, 0.3) is 0 Å². The van der Waals surface area contributed by atoms with Crippen LogP contribution in [0.1, 0.15) is 64.2 Å². The lowest BCUT2D eigenvalue weighted by Gasteiger charge is -2.36. The van der Waals surface area contributed by atoms with Gasteiger partial charge < -0.3 is 9.16 Å². The number of fused-ring (bicyclic) bond motifs is 1. The van der Waals surface area contributed by atoms with Crippen LogP contribution >= 0.6 is 27.5 Å². The molecule has 160 valence electrons. The molecule has 1 aromatic carbocycles. The standard InChI is InChI=1S/C22H32BrClN2O2Si/c1-22(2,3)29(4,5)28-13-14-10-15(14)20-17(24)11-18-16(21(20)23)12-25-26(18)19-8-6-7-9-27-19/h11-12,14-15,19H,6-10,13H2,1-5H3/t14-,15-,19?/m0/s1. The minimum Gasteiger partial charge on any atom is -0.417 e. The van der Waals surface area contributed by atoms with Crippen molar-refractivity contribution in [1.82, 2.24) is 9.78 Å². The molecule has 2 fully saturated rings. The number of rotatable bonds is 5. The maximum absolute atomic E-state index is 6.80. The quantitative estimate of drug-likeness (QED) is 0.406. The predicted octanol–water partition coefficient (Wildman–Crippen LogP) is 7.28. The number of ether oxygens (including phenoxy) is 1. The second-order valence-electron chi connectivity index (χ2n) is 10.1. The maximum Gasteiger partial charge on any atom is 0.191 e. The van der Waals surface area contributed by atoms with Crippen LogP contribution < -0.4 is 0 Å². The Morgan fingerprint density at radius 3 is 2.76 bits per heavy atom. The second kappa shape index (κ2) is 7.94. The van der Waals surface area contributed by atoms with Crippen LogP contribution in [0, 0.1) is 5.92 Å². The van der Waals surface area contributed by atoms with Gasteiger partial charge in [-0.15, -0.1) is 0 Å². The fraction of sp³-hybridized carbons (Fsp3) is 0.682. The van der Waals surface area contributed by atoms with Gasteiger partial charge in [0.1, 0.15) is 0 Å². The van der Waals surface area contributed by atoms with Crippen LogP contribution in [0.15, 0.2) is 16.7 Å². The van der Waals surface area contributed by atoms with Gasteiger partial charge in [0.15, 0.2) is 14.5 Å². The predicted molar refractivity (Wildman–Crippen MR) is 125 cm³/mol. The fourth-order valence-electron chi connectivity index (χ4n) is 3.94. The lowest BCUT2D eigenvalue weighted by Crippen LogP contribution is -2.41. The Hall–Kier alpha value is -0.403. The Bertz CT molecular complexity index is 902. The maximum atomic E-state index is 6.80. The number of benzene rings is 1. The first-order valence-corrected chi connectivity index (χ1v) is 14.8. The Kier molecular flexibility index (Phi) is 5.97. The van der Waals surface area contributed by atoms with E-state index in [1.807, 2.05) is 10.9 Å². The van der Waals surface area contributed by atoms with Gasteiger partial charge in [-0.05, 0) is 83.2 Å². The zero-order valence-corrected chi connectivity index (χ0v) is 21.4. The Morgan fingerprint density at radius 1 is 1.34 bits per heavy atom. The van der Waals surface area contributed by atoms with Gasteiger partial charge in [-0.3, -0.25) is 0 Å². The number of hydrogen-bond donors (Lipinski definition) is 0. The molecule has 7 heteroatoms. The molecule has 4 nitrogen and oxygen atoms in total. The van der Waals surface area contributed by atoms with Gasteiger partial charge >= 0.3 is 0 Å². The van der Waals surface area contributed by atoms with Crippen molar-refractivity contribution in [1.29, 1.82) is 0 Å². The molecule has 1 saturated carbocycles. The van der Waals surface area contributed by atoms with E-state index in [-0.39, 0.29) is 11.3 Å². The molecule has 4 rings (SSSR count). The molecule has 0 amide bonds. The first-order chi connectivity index (χ1) is 13.6. The normalized spacial score (nSPS) is 25.6. The van der Waals surface area contributed by atoms with E-state index in [0.717, 1.165) is 52.9 Å². The molecule has 29 heavy (non-hydrogen) atoms. The van der Waals surface area contributed by atoms with Crippen molar-refractivity contribution in [3.05, 3.63) is 27.3 Å². The van der Waals surface area contributed by atoms with Crippen molar-refractivity contribution < 1.29 is 9.16 Å². The Morgan fingerprint density at radius 2 is 2.10 bits per heavy atom. The average molecular weight is 500 g/mol. The molecule has 1 aliphatic heterocycles. The van der Waals surface area contributed by atoms with Gasteiger partial charge in [-0.25, -0.2) is 4.68 Å². The number of nitrogens with zero attached hydrogens (tertiary/aromatic N) is 2. The summed E-state index contributed by atoms with van der Waals surface area (Å²) < 4.78 is 15.5. The monoisotopic (exact) mass is 498 g/mol. The first kappa shape index (κ1) is 21.8. The van der Waals surface area contributed by atoms with Crippen molar-refractivity contribution in [2.45, 2.75) is 76.7 Å². The van der Waals surface area contributed by atoms with Crippen LogP contribution in [0.4, 0.5) is 0 Å². The molecule has 2 aliphatic rings.